The van der Waals surface area contributed by atoms with Crippen LogP contribution in [0.25, 0.3) is 0 Å². The number of rotatable bonds is 4. The molecule has 0 spiro atoms. The fourth-order valence-electron chi connectivity index (χ4n) is 2.15. The standard InChI is InChI=1S/C16H21NO2S/c1-11(2)10-17(13-6-7-13)16(19)15-9-12(3)14(20-15)5-4-8-18/h9,11,13,18H,6-8,10H2,1-3H3. The quantitative estimate of drug-likeness (QED) is 0.866. The lowest BCUT2D eigenvalue weighted by Crippen LogP contribution is -2.35. The van der Waals surface area contributed by atoms with Crippen molar-refractivity contribution in [2.75, 3.05) is 13.2 Å². The Hall–Kier alpha value is -1.31. The average Bonchev–Trinajstić information content (AvgIpc) is 3.17. The van der Waals surface area contributed by atoms with Crippen LogP contribution in [-0.4, -0.2) is 35.1 Å². The summed E-state index contributed by atoms with van der Waals surface area (Å²) < 4.78 is 0. The molecule has 1 heterocycles. The van der Waals surface area contributed by atoms with E-state index in [1.54, 1.807) is 0 Å². The molecule has 1 saturated carbocycles. The minimum absolute atomic E-state index is 0.131. The van der Waals surface area contributed by atoms with Gasteiger partial charge < -0.3 is 10.0 Å². The Kier molecular flexibility index (Phi) is 4.85. The first-order valence-corrected chi connectivity index (χ1v) is 7.85. The summed E-state index contributed by atoms with van der Waals surface area (Å²) in [6, 6.07) is 2.35. The van der Waals surface area contributed by atoms with Gasteiger partial charge in [-0.25, -0.2) is 0 Å². The molecule has 0 saturated heterocycles. The normalized spacial score (nSPS) is 14.1. The molecule has 1 aliphatic carbocycles. The molecule has 108 valence electrons. The summed E-state index contributed by atoms with van der Waals surface area (Å²) in [6.07, 6.45) is 2.25. The van der Waals surface area contributed by atoms with Gasteiger partial charge in [0.1, 0.15) is 6.61 Å². The Morgan fingerprint density at radius 3 is 2.80 bits per heavy atom. The molecule has 2 rings (SSSR count). The maximum Gasteiger partial charge on any atom is 0.264 e. The van der Waals surface area contributed by atoms with Crippen LogP contribution in [0.1, 0.15) is 46.8 Å². The van der Waals surface area contributed by atoms with E-state index in [4.69, 9.17) is 5.11 Å². The maximum absolute atomic E-state index is 12.6. The summed E-state index contributed by atoms with van der Waals surface area (Å²) in [4.78, 5) is 16.3. The zero-order valence-electron chi connectivity index (χ0n) is 12.3. The van der Waals surface area contributed by atoms with Gasteiger partial charge in [-0.2, -0.15) is 0 Å². The zero-order chi connectivity index (χ0) is 14.7. The second kappa shape index (κ2) is 6.43. The van der Waals surface area contributed by atoms with Crippen molar-refractivity contribution in [2.45, 2.75) is 39.7 Å². The highest BCUT2D eigenvalue weighted by molar-refractivity contribution is 7.14. The van der Waals surface area contributed by atoms with Crippen LogP contribution >= 0.6 is 11.3 Å². The first-order valence-electron chi connectivity index (χ1n) is 7.04. The number of carbonyl (C=O) groups excluding carboxylic acids is 1. The summed E-state index contributed by atoms with van der Waals surface area (Å²) >= 11 is 1.43. The van der Waals surface area contributed by atoms with Crippen LogP contribution in [0.5, 0.6) is 0 Å². The minimum atomic E-state index is -0.151. The number of thiophene rings is 1. The Morgan fingerprint density at radius 1 is 1.55 bits per heavy atom. The number of hydrogen-bond acceptors (Lipinski definition) is 3. The SMILES string of the molecule is Cc1cc(C(=O)N(CC(C)C)C2CC2)sc1C#CCO. The number of aliphatic hydroxyl groups is 1. The highest BCUT2D eigenvalue weighted by Crippen LogP contribution is 2.31. The molecule has 4 heteroatoms. The van der Waals surface area contributed by atoms with Crippen LogP contribution in [0, 0.1) is 24.7 Å². The lowest BCUT2D eigenvalue weighted by Gasteiger charge is -2.23. The van der Waals surface area contributed by atoms with Gasteiger partial charge in [-0.15, -0.1) is 11.3 Å². The van der Waals surface area contributed by atoms with Crippen LogP contribution in [-0.2, 0) is 0 Å². The highest BCUT2D eigenvalue weighted by atomic mass is 32.1. The van der Waals surface area contributed by atoms with E-state index in [0.29, 0.717) is 12.0 Å². The molecule has 0 aromatic carbocycles. The molecule has 0 unspecified atom stereocenters. The van der Waals surface area contributed by atoms with E-state index in [-0.39, 0.29) is 12.5 Å². The molecule has 0 atom stereocenters. The topological polar surface area (TPSA) is 40.5 Å². The van der Waals surface area contributed by atoms with Crippen molar-refractivity contribution in [3.8, 4) is 11.8 Å². The largest absolute Gasteiger partial charge is 0.384 e. The lowest BCUT2D eigenvalue weighted by atomic mass is 10.2. The molecule has 1 aliphatic rings. The van der Waals surface area contributed by atoms with Crippen LogP contribution in [0.15, 0.2) is 6.07 Å². The van der Waals surface area contributed by atoms with E-state index >= 15 is 0 Å². The third kappa shape index (κ3) is 3.62. The Bertz CT molecular complexity index is 547. The van der Waals surface area contributed by atoms with Crippen molar-refractivity contribution in [1.82, 2.24) is 4.90 Å². The lowest BCUT2D eigenvalue weighted by molar-refractivity contribution is 0.0727. The fraction of sp³-hybridized carbons (Fsp3) is 0.562. The number of hydrogen-bond donors (Lipinski definition) is 1. The molecular formula is C16H21NO2S. The maximum atomic E-state index is 12.6. The van der Waals surface area contributed by atoms with Gasteiger partial charge in [-0.1, -0.05) is 25.7 Å². The van der Waals surface area contributed by atoms with Crippen molar-refractivity contribution in [1.29, 1.82) is 0 Å². The van der Waals surface area contributed by atoms with Gasteiger partial charge in [0.25, 0.3) is 5.91 Å². The molecule has 1 amide bonds. The predicted octanol–water partition coefficient (Wildman–Crippen LogP) is 2.66. The molecule has 0 aliphatic heterocycles. The van der Waals surface area contributed by atoms with E-state index in [0.717, 1.165) is 34.7 Å². The monoisotopic (exact) mass is 291 g/mol. The number of aliphatic hydroxyl groups excluding tert-OH is 1. The van der Waals surface area contributed by atoms with Crippen molar-refractivity contribution in [3.05, 3.63) is 21.4 Å². The number of amides is 1. The smallest absolute Gasteiger partial charge is 0.264 e. The van der Waals surface area contributed by atoms with Crippen molar-refractivity contribution < 1.29 is 9.90 Å². The number of carbonyl (C=O) groups is 1. The summed E-state index contributed by atoms with van der Waals surface area (Å²) in [5.74, 6) is 6.17. The number of aryl methyl sites for hydroxylation is 1. The first-order chi connectivity index (χ1) is 9.52. The van der Waals surface area contributed by atoms with Gasteiger partial charge in [0.15, 0.2) is 0 Å². The molecule has 20 heavy (non-hydrogen) atoms. The van der Waals surface area contributed by atoms with E-state index in [9.17, 15) is 4.79 Å². The summed E-state index contributed by atoms with van der Waals surface area (Å²) in [5, 5.41) is 8.76. The summed E-state index contributed by atoms with van der Waals surface area (Å²) in [5.41, 5.74) is 1.01. The molecule has 0 bridgehead atoms. The van der Waals surface area contributed by atoms with Gasteiger partial charge >= 0.3 is 0 Å². The van der Waals surface area contributed by atoms with Crippen molar-refractivity contribution in [3.63, 3.8) is 0 Å². The van der Waals surface area contributed by atoms with E-state index < -0.39 is 0 Å². The van der Waals surface area contributed by atoms with Gasteiger partial charge in [-0.3, -0.25) is 4.79 Å². The fourth-order valence-corrected chi connectivity index (χ4v) is 3.15. The van der Waals surface area contributed by atoms with Gasteiger partial charge in [0, 0.05) is 12.6 Å². The average molecular weight is 291 g/mol. The molecule has 1 aromatic rings. The van der Waals surface area contributed by atoms with E-state index in [1.165, 1.54) is 11.3 Å². The van der Waals surface area contributed by atoms with Crippen molar-refractivity contribution >= 4 is 17.2 Å². The van der Waals surface area contributed by atoms with E-state index in [2.05, 4.69) is 25.7 Å². The second-order valence-corrected chi connectivity index (χ2v) is 6.72. The Balaban J connectivity index is 2.18. The summed E-state index contributed by atoms with van der Waals surface area (Å²) in [7, 11) is 0. The van der Waals surface area contributed by atoms with Gasteiger partial charge in [0.05, 0.1) is 9.75 Å². The summed E-state index contributed by atoms with van der Waals surface area (Å²) in [6.45, 7) is 6.90. The van der Waals surface area contributed by atoms with Crippen LogP contribution in [0.2, 0.25) is 0 Å². The highest BCUT2D eigenvalue weighted by Gasteiger charge is 2.34. The minimum Gasteiger partial charge on any atom is -0.384 e. The molecule has 0 radical (unpaired) electrons. The zero-order valence-corrected chi connectivity index (χ0v) is 13.1. The molecular weight excluding hydrogens is 270 g/mol. The third-order valence-corrected chi connectivity index (χ3v) is 4.36. The first kappa shape index (κ1) is 15.1. The Labute approximate surface area is 124 Å². The number of nitrogens with zero attached hydrogens (tertiary/aromatic N) is 1. The molecule has 1 N–H and O–H groups in total. The van der Waals surface area contributed by atoms with Crippen LogP contribution in [0.4, 0.5) is 0 Å². The molecule has 1 aromatic heterocycles. The third-order valence-electron chi connectivity index (χ3n) is 3.22. The van der Waals surface area contributed by atoms with Gasteiger partial charge in [-0.05, 0) is 37.3 Å². The van der Waals surface area contributed by atoms with Gasteiger partial charge in [0.2, 0.25) is 0 Å². The van der Waals surface area contributed by atoms with Crippen LogP contribution < -0.4 is 0 Å². The molecule has 1 fully saturated rings. The second-order valence-electron chi connectivity index (χ2n) is 5.67. The van der Waals surface area contributed by atoms with Crippen LogP contribution in [0.3, 0.4) is 0 Å². The molecule has 3 nitrogen and oxygen atoms in total. The van der Waals surface area contributed by atoms with Crippen molar-refractivity contribution in [2.24, 2.45) is 5.92 Å². The van der Waals surface area contributed by atoms with E-state index in [1.807, 2.05) is 17.9 Å². The predicted molar refractivity (Wildman–Crippen MR) is 81.9 cm³/mol. The Morgan fingerprint density at radius 2 is 2.25 bits per heavy atom.